The average molecular weight is 697 g/mol. The standard InChI is InChI=1S/C36H39Cl2N3O5S/c1-5-26(3)39-36(43)33(21-27-10-7-6-8-11-27)40(23-28-12-9-13-29(37)20-28)35(42)24-41(30-16-19-34(46-4)32(38)22-30)47(44,45)31-17-14-25(2)15-18-31/h6-20,22,26,33H,5,21,23-24H2,1-4H3,(H,39,43)/t26-,33-/m0/s1. The van der Waals surface area contributed by atoms with E-state index in [4.69, 9.17) is 27.9 Å². The molecule has 0 aliphatic heterocycles. The molecule has 0 bridgehead atoms. The molecule has 0 saturated heterocycles. The Balaban J connectivity index is 1.83. The number of methoxy groups -OCH3 is 1. The molecule has 0 unspecified atom stereocenters. The predicted molar refractivity (Wildman–Crippen MR) is 188 cm³/mol. The molecule has 2 atom stereocenters. The molecule has 4 aromatic carbocycles. The molecule has 248 valence electrons. The van der Waals surface area contributed by atoms with Gasteiger partial charge in [-0.1, -0.05) is 90.3 Å². The van der Waals surface area contributed by atoms with Gasteiger partial charge < -0.3 is 15.0 Å². The van der Waals surface area contributed by atoms with E-state index >= 15 is 0 Å². The molecule has 47 heavy (non-hydrogen) atoms. The lowest BCUT2D eigenvalue weighted by atomic mass is 10.0. The number of anilines is 1. The maximum Gasteiger partial charge on any atom is 0.264 e. The van der Waals surface area contributed by atoms with Gasteiger partial charge in [0.15, 0.2) is 0 Å². The van der Waals surface area contributed by atoms with Gasteiger partial charge in [0.25, 0.3) is 10.0 Å². The summed E-state index contributed by atoms with van der Waals surface area (Å²) in [6, 6.07) is 26.2. The van der Waals surface area contributed by atoms with E-state index in [0.717, 1.165) is 15.4 Å². The van der Waals surface area contributed by atoms with Crippen LogP contribution in [0.4, 0.5) is 5.69 Å². The van der Waals surface area contributed by atoms with Crippen LogP contribution in [0.1, 0.15) is 37.0 Å². The lowest BCUT2D eigenvalue weighted by Crippen LogP contribution is -2.54. The SMILES string of the molecule is CC[C@H](C)NC(=O)[C@H](Cc1ccccc1)N(Cc1cccc(Cl)c1)C(=O)CN(c1ccc(OC)c(Cl)c1)S(=O)(=O)c1ccc(C)cc1. The van der Waals surface area contributed by atoms with Crippen LogP contribution in [-0.4, -0.2) is 50.9 Å². The van der Waals surface area contributed by atoms with Gasteiger partial charge in [-0.05, 0) is 73.9 Å². The third-order valence-electron chi connectivity index (χ3n) is 7.83. The summed E-state index contributed by atoms with van der Waals surface area (Å²) in [6.45, 7) is 5.10. The molecule has 11 heteroatoms. The Labute approximate surface area is 287 Å². The molecule has 0 radical (unpaired) electrons. The summed E-state index contributed by atoms with van der Waals surface area (Å²) in [5.41, 5.74) is 2.56. The minimum absolute atomic E-state index is 0.000388. The van der Waals surface area contributed by atoms with E-state index in [2.05, 4.69) is 5.32 Å². The second kappa shape index (κ2) is 16.2. The monoisotopic (exact) mass is 695 g/mol. The number of hydrogen-bond donors (Lipinski definition) is 1. The Morgan fingerprint density at radius 3 is 2.19 bits per heavy atom. The topological polar surface area (TPSA) is 96.0 Å². The minimum atomic E-state index is -4.28. The highest BCUT2D eigenvalue weighted by Gasteiger charge is 2.35. The summed E-state index contributed by atoms with van der Waals surface area (Å²) in [5.74, 6) is -0.589. The molecule has 4 rings (SSSR count). The molecule has 4 aromatic rings. The summed E-state index contributed by atoms with van der Waals surface area (Å²) in [7, 11) is -2.82. The van der Waals surface area contributed by atoms with E-state index in [-0.39, 0.29) is 40.5 Å². The molecule has 1 N–H and O–H groups in total. The zero-order chi connectivity index (χ0) is 34.1. The highest BCUT2D eigenvalue weighted by Crippen LogP contribution is 2.32. The number of carbonyl (C=O) groups is 2. The summed E-state index contributed by atoms with van der Waals surface area (Å²) >= 11 is 12.8. The first kappa shape index (κ1) is 35.8. The summed E-state index contributed by atoms with van der Waals surface area (Å²) in [4.78, 5) is 30.0. The van der Waals surface area contributed by atoms with Gasteiger partial charge in [0.05, 0.1) is 22.7 Å². The Bertz CT molecular complexity index is 1790. The molecular weight excluding hydrogens is 657 g/mol. The van der Waals surface area contributed by atoms with E-state index < -0.39 is 28.5 Å². The summed E-state index contributed by atoms with van der Waals surface area (Å²) in [6.07, 6.45) is 0.890. The zero-order valence-electron chi connectivity index (χ0n) is 26.8. The number of hydrogen-bond acceptors (Lipinski definition) is 5. The molecule has 0 aliphatic rings. The molecular formula is C36H39Cl2N3O5S. The van der Waals surface area contributed by atoms with Crippen molar-refractivity contribution in [2.24, 2.45) is 0 Å². The first-order valence-electron chi connectivity index (χ1n) is 15.2. The highest BCUT2D eigenvalue weighted by atomic mass is 35.5. The Kier molecular flexibility index (Phi) is 12.3. The smallest absolute Gasteiger partial charge is 0.264 e. The van der Waals surface area contributed by atoms with Gasteiger partial charge in [-0.25, -0.2) is 8.42 Å². The second-order valence-corrected chi connectivity index (χ2v) is 14.0. The summed E-state index contributed by atoms with van der Waals surface area (Å²) < 4.78 is 34.8. The van der Waals surface area contributed by atoms with Gasteiger partial charge in [0.2, 0.25) is 11.8 Å². The lowest BCUT2D eigenvalue weighted by molar-refractivity contribution is -0.140. The first-order chi connectivity index (χ1) is 22.4. The van der Waals surface area contributed by atoms with Crippen LogP contribution in [0.3, 0.4) is 0 Å². The second-order valence-electron chi connectivity index (χ2n) is 11.3. The van der Waals surface area contributed by atoms with E-state index in [1.165, 1.54) is 36.3 Å². The van der Waals surface area contributed by atoms with Crippen LogP contribution >= 0.6 is 23.2 Å². The number of benzene rings is 4. The molecule has 8 nitrogen and oxygen atoms in total. The van der Waals surface area contributed by atoms with Crippen LogP contribution in [0.5, 0.6) is 5.75 Å². The van der Waals surface area contributed by atoms with E-state index in [1.54, 1.807) is 36.4 Å². The molecule has 0 fully saturated rings. The zero-order valence-corrected chi connectivity index (χ0v) is 29.1. The van der Waals surface area contributed by atoms with Crippen molar-refractivity contribution in [3.05, 3.63) is 124 Å². The number of ether oxygens (including phenoxy) is 1. The number of carbonyl (C=O) groups excluding carboxylic acids is 2. The number of aryl methyl sites for hydroxylation is 1. The third-order valence-corrected chi connectivity index (χ3v) is 10.1. The van der Waals surface area contributed by atoms with Crippen molar-refractivity contribution >= 4 is 50.7 Å². The molecule has 0 saturated carbocycles. The fourth-order valence-electron chi connectivity index (χ4n) is 5.00. The predicted octanol–water partition coefficient (Wildman–Crippen LogP) is 7.06. The Morgan fingerprint density at radius 2 is 1.57 bits per heavy atom. The van der Waals surface area contributed by atoms with Crippen molar-refractivity contribution in [2.45, 2.75) is 57.1 Å². The number of nitrogens with zero attached hydrogens (tertiary/aromatic N) is 2. The van der Waals surface area contributed by atoms with Crippen LogP contribution in [-0.2, 0) is 32.6 Å². The van der Waals surface area contributed by atoms with Crippen molar-refractivity contribution in [1.82, 2.24) is 10.2 Å². The molecule has 0 heterocycles. The van der Waals surface area contributed by atoms with Crippen LogP contribution < -0.4 is 14.4 Å². The normalized spacial score (nSPS) is 12.6. The van der Waals surface area contributed by atoms with Crippen LogP contribution in [0.2, 0.25) is 10.0 Å². The number of sulfonamides is 1. The Hall–Kier alpha value is -4.05. The average Bonchev–Trinajstić information content (AvgIpc) is 3.05. The van der Waals surface area contributed by atoms with E-state index in [1.807, 2.05) is 57.2 Å². The van der Waals surface area contributed by atoms with Crippen LogP contribution in [0, 0.1) is 6.92 Å². The molecule has 0 aliphatic carbocycles. The van der Waals surface area contributed by atoms with E-state index in [9.17, 15) is 18.0 Å². The first-order valence-corrected chi connectivity index (χ1v) is 17.4. The van der Waals surface area contributed by atoms with Gasteiger partial charge in [-0.2, -0.15) is 0 Å². The maximum absolute atomic E-state index is 14.6. The molecule has 0 aromatic heterocycles. The third kappa shape index (κ3) is 9.28. The van der Waals surface area contributed by atoms with Crippen LogP contribution in [0.15, 0.2) is 102 Å². The number of amides is 2. The van der Waals surface area contributed by atoms with Crippen molar-refractivity contribution < 1.29 is 22.7 Å². The number of rotatable bonds is 14. The van der Waals surface area contributed by atoms with Gasteiger partial charge in [0.1, 0.15) is 18.3 Å². The molecule has 0 spiro atoms. The number of halogens is 2. The maximum atomic E-state index is 14.6. The highest BCUT2D eigenvalue weighted by molar-refractivity contribution is 7.92. The van der Waals surface area contributed by atoms with Gasteiger partial charge >= 0.3 is 0 Å². The van der Waals surface area contributed by atoms with Gasteiger partial charge in [0, 0.05) is 24.0 Å². The van der Waals surface area contributed by atoms with E-state index in [0.29, 0.717) is 22.8 Å². The largest absolute Gasteiger partial charge is 0.495 e. The fraction of sp³-hybridized carbons (Fsp3) is 0.278. The van der Waals surface area contributed by atoms with Crippen molar-refractivity contribution in [3.8, 4) is 5.75 Å². The fourth-order valence-corrected chi connectivity index (χ4v) is 6.87. The van der Waals surface area contributed by atoms with Crippen molar-refractivity contribution in [2.75, 3.05) is 18.0 Å². The minimum Gasteiger partial charge on any atom is -0.495 e. The Morgan fingerprint density at radius 1 is 0.894 bits per heavy atom. The summed E-state index contributed by atoms with van der Waals surface area (Å²) in [5, 5.41) is 3.67. The quantitative estimate of drug-likeness (QED) is 0.152. The lowest BCUT2D eigenvalue weighted by Gasteiger charge is -2.34. The van der Waals surface area contributed by atoms with Crippen molar-refractivity contribution in [1.29, 1.82) is 0 Å². The molecule has 2 amide bonds. The van der Waals surface area contributed by atoms with Crippen LogP contribution in [0.25, 0.3) is 0 Å². The van der Waals surface area contributed by atoms with Gasteiger partial charge in [-0.3, -0.25) is 13.9 Å². The number of nitrogens with one attached hydrogen (secondary N) is 1. The van der Waals surface area contributed by atoms with Crippen molar-refractivity contribution in [3.63, 3.8) is 0 Å². The van der Waals surface area contributed by atoms with Gasteiger partial charge in [-0.15, -0.1) is 0 Å².